The molecule has 3 aromatic rings. The number of fused-ring (bicyclic) bond motifs is 1. The van der Waals surface area contributed by atoms with Crippen LogP contribution in [0.1, 0.15) is 41.0 Å². The Morgan fingerprint density at radius 1 is 1.16 bits per heavy atom. The fraction of sp³-hybridized carbons (Fsp3) is 0.433. The Kier molecular flexibility index (Phi) is 10.1. The number of rotatable bonds is 13. The molecule has 0 saturated heterocycles. The van der Waals surface area contributed by atoms with Gasteiger partial charge in [0.1, 0.15) is 12.4 Å². The number of thiophene rings is 1. The molecule has 0 saturated carbocycles. The van der Waals surface area contributed by atoms with Gasteiger partial charge in [0.05, 0.1) is 31.9 Å². The van der Waals surface area contributed by atoms with Gasteiger partial charge in [-0.1, -0.05) is 55.0 Å². The van der Waals surface area contributed by atoms with Gasteiger partial charge in [0.25, 0.3) is 0 Å². The maximum Gasteiger partial charge on any atom is 0.237 e. The molecule has 0 radical (unpaired) electrons. The smallest absolute Gasteiger partial charge is 0.237 e. The molecule has 1 amide bonds. The van der Waals surface area contributed by atoms with Gasteiger partial charge in [0.2, 0.25) is 5.91 Å². The van der Waals surface area contributed by atoms with E-state index in [1.165, 1.54) is 16.0 Å². The van der Waals surface area contributed by atoms with Crippen LogP contribution in [0.15, 0.2) is 66.0 Å². The van der Waals surface area contributed by atoms with Crippen LogP contribution in [0.2, 0.25) is 0 Å². The molecule has 1 aliphatic heterocycles. The predicted molar refractivity (Wildman–Crippen MR) is 148 cm³/mol. The standard InChI is InChI=1S/C30H38N2O4S/c1-3-15-31(18-25(33)21-35-20-24-7-5-4-6-8-24)19-30(34)32-16-13-29-27(14-17-37-29)28(32)22-36-26-11-9-23(2)10-12-26/h4-12,14,17,25,28,33H,3,13,15-16,18-22H2,1-2H3/t25-,28+/m1/s1. The van der Waals surface area contributed by atoms with Crippen LogP contribution < -0.4 is 4.74 Å². The van der Waals surface area contributed by atoms with Gasteiger partial charge in [-0.15, -0.1) is 11.3 Å². The largest absolute Gasteiger partial charge is 0.491 e. The molecule has 4 rings (SSSR count). The number of hydrogen-bond donors (Lipinski definition) is 1. The van der Waals surface area contributed by atoms with E-state index in [0.717, 1.165) is 30.7 Å². The topological polar surface area (TPSA) is 62.2 Å². The molecule has 198 valence electrons. The number of nitrogens with zero attached hydrogens (tertiary/aromatic N) is 2. The zero-order chi connectivity index (χ0) is 26.0. The third kappa shape index (κ3) is 7.89. The van der Waals surface area contributed by atoms with E-state index >= 15 is 0 Å². The van der Waals surface area contributed by atoms with Crippen LogP contribution >= 0.6 is 11.3 Å². The summed E-state index contributed by atoms with van der Waals surface area (Å²) in [5.41, 5.74) is 3.45. The Morgan fingerprint density at radius 2 is 1.95 bits per heavy atom. The Labute approximate surface area is 224 Å². The summed E-state index contributed by atoms with van der Waals surface area (Å²) in [4.78, 5) is 18.9. The number of aliphatic hydroxyl groups excluding tert-OH is 1. The van der Waals surface area contributed by atoms with E-state index in [2.05, 4.69) is 25.3 Å². The average Bonchev–Trinajstić information content (AvgIpc) is 3.38. The molecule has 2 aromatic carbocycles. The Morgan fingerprint density at radius 3 is 2.70 bits per heavy atom. The molecule has 37 heavy (non-hydrogen) atoms. The summed E-state index contributed by atoms with van der Waals surface area (Å²) in [5.74, 6) is 0.881. The van der Waals surface area contributed by atoms with Crippen molar-refractivity contribution in [3.8, 4) is 5.75 Å². The maximum absolute atomic E-state index is 13.6. The van der Waals surface area contributed by atoms with Crippen LogP contribution in [0, 0.1) is 6.92 Å². The SMILES string of the molecule is CCCN(CC(=O)N1CCc2sccc2[C@@H]1COc1ccc(C)cc1)C[C@@H](O)COCc1ccccc1. The van der Waals surface area contributed by atoms with Crippen LogP contribution in [0.3, 0.4) is 0 Å². The minimum Gasteiger partial charge on any atom is -0.491 e. The van der Waals surface area contributed by atoms with Crippen LogP contribution in [-0.4, -0.2) is 66.3 Å². The highest BCUT2D eigenvalue weighted by molar-refractivity contribution is 7.10. The van der Waals surface area contributed by atoms with E-state index in [0.29, 0.717) is 26.3 Å². The van der Waals surface area contributed by atoms with Gasteiger partial charge < -0.3 is 19.5 Å². The lowest BCUT2D eigenvalue weighted by Crippen LogP contribution is -2.48. The van der Waals surface area contributed by atoms with E-state index < -0.39 is 6.10 Å². The number of hydrogen-bond acceptors (Lipinski definition) is 6. The zero-order valence-electron chi connectivity index (χ0n) is 21.8. The molecule has 0 bridgehead atoms. The molecular weight excluding hydrogens is 484 g/mol. The van der Waals surface area contributed by atoms with Gasteiger partial charge in [0.15, 0.2) is 0 Å². The van der Waals surface area contributed by atoms with Gasteiger partial charge in [-0.2, -0.15) is 0 Å². The summed E-state index contributed by atoms with van der Waals surface area (Å²) in [6.07, 6.45) is 1.11. The number of carbonyl (C=O) groups is 1. The van der Waals surface area contributed by atoms with E-state index in [1.54, 1.807) is 11.3 Å². The fourth-order valence-electron chi connectivity index (χ4n) is 4.76. The maximum atomic E-state index is 13.6. The summed E-state index contributed by atoms with van der Waals surface area (Å²) in [7, 11) is 0. The van der Waals surface area contributed by atoms with E-state index in [4.69, 9.17) is 9.47 Å². The predicted octanol–water partition coefficient (Wildman–Crippen LogP) is 4.85. The number of carbonyl (C=O) groups excluding carboxylic acids is 1. The minimum atomic E-state index is -0.659. The number of aryl methyl sites for hydroxylation is 1. The minimum absolute atomic E-state index is 0.0696. The van der Waals surface area contributed by atoms with Crippen LogP contribution in [0.5, 0.6) is 5.75 Å². The van der Waals surface area contributed by atoms with E-state index in [-0.39, 0.29) is 25.1 Å². The zero-order valence-corrected chi connectivity index (χ0v) is 22.7. The number of aliphatic hydroxyl groups is 1. The molecule has 0 fully saturated rings. The highest BCUT2D eigenvalue weighted by Crippen LogP contribution is 2.34. The van der Waals surface area contributed by atoms with E-state index in [9.17, 15) is 9.90 Å². The number of benzene rings is 2. The molecule has 2 heterocycles. The van der Waals surface area contributed by atoms with Crippen molar-refractivity contribution in [1.29, 1.82) is 0 Å². The molecular formula is C30H38N2O4S. The molecule has 0 unspecified atom stereocenters. The van der Waals surface area contributed by atoms with Crippen molar-refractivity contribution in [2.75, 3.05) is 39.4 Å². The van der Waals surface area contributed by atoms with Gasteiger partial charge in [0, 0.05) is 18.0 Å². The van der Waals surface area contributed by atoms with Crippen molar-refractivity contribution < 1.29 is 19.4 Å². The Hall–Kier alpha value is -2.71. The third-order valence-corrected chi connectivity index (χ3v) is 7.63. The van der Waals surface area contributed by atoms with Crippen LogP contribution in [0.4, 0.5) is 0 Å². The van der Waals surface area contributed by atoms with Gasteiger partial charge >= 0.3 is 0 Å². The van der Waals surface area contributed by atoms with Crippen molar-refractivity contribution in [2.24, 2.45) is 0 Å². The first-order valence-corrected chi connectivity index (χ1v) is 14.0. The quantitative estimate of drug-likeness (QED) is 0.348. The van der Waals surface area contributed by atoms with Crippen molar-refractivity contribution >= 4 is 17.2 Å². The second-order valence-electron chi connectivity index (χ2n) is 9.67. The molecule has 6 nitrogen and oxygen atoms in total. The van der Waals surface area contributed by atoms with Crippen molar-refractivity contribution in [2.45, 2.75) is 45.4 Å². The molecule has 2 atom stereocenters. The Bertz CT molecular complexity index is 1100. The number of amides is 1. The van der Waals surface area contributed by atoms with Crippen LogP contribution in [-0.2, 0) is 22.6 Å². The lowest BCUT2D eigenvalue weighted by atomic mass is 10.0. The average molecular weight is 523 g/mol. The second-order valence-corrected chi connectivity index (χ2v) is 10.7. The normalized spacial score (nSPS) is 16.0. The monoisotopic (exact) mass is 522 g/mol. The van der Waals surface area contributed by atoms with Crippen molar-refractivity contribution in [3.63, 3.8) is 0 Å². The fourth-order valence-corrected chi connectivity index (χ4v) is 5.68. The molecule has 1 aromatic heterocycles. The second kappa shape index (κ2) is 13.7. The molecule has 0 spiro atoms. The molecule has 0 aliphatic carbocycles. The summed E-state index contributed by atoms with van der Waals surface area (Å²) in [6, 6.07) is 20.0. The van der Waals surface area contributed by atoms with Crippen molar-refractivity contribution in [3.05, 3.63) is 87.6 Å². The van der Waals surface area contributed by atoms with Crippen molar-refractivity contribution in [1.82, 2.24) is 9.80 Å². The summed E-state index contributed by atoms with van der Waals surface area (Å²) in [6.45, 7) is 7.34. The highest BCUT2D eigenvalue weighted by atomic mass is 32.1. The summed E-state index contributed by atoms with van der Waals surface area (Å²) >= 11 is 1.75. The van der Waals surface area contributed by atoms with Crippen LogP contribution in [0.25, 0.3) is 0 Å². The third-order valence-electron chi connectivity index (χ3n) is 6.63. The van der Waals surface area contributed by atoms with E-state index in [1.807, 2.05) is 64.4 Å². The lowest BCUT2D eigenvalue weighted by Gasteiger charge is -2.37. The molecule has 7 heteroatoms. The van der Waals surface area contributed by atoms with Gasteiger partial charge in [-0.05, 0) is 61.0 Å². The Balaban J connectivity index is 1.35. The first-order valence-electron chi connectivity index (χ1n) is 13.1. The van der Waals surface area contributed by atoms with Gasteiger partial charge in [-0.3, -0.25) is 9.69 Å². The highest BCUT2D eigenvalue weighted by Gasteiger charge is 2.33. The number of ether oxygens (including phenoxy) is 2. The summed E-state index contributed by atoms with van der Waals surface area (Å²) in [5, 5.41) is 12.7. The molecule has 1 aliphatic rings. The summed E-state index contributed by atoms with van der Waals surface area (Å²) < 4.78 is 11.9. The lowest BCUT2D eigenvalue weighted by molar-refractivity contribution is -0.136. The first kappa shape index (κ1) is 27.3. The molecule has 1 N–H and O–H groups in total. The first-order chi connectivity index (χ1) is 18.0. The van der Waals surface area contributed by atoms with Gasteiger partial charge in [-0.25, -0.2) is 0 Å².